The standard InChI is InChI=1S/C64H44F2N2/c1-63(2)51-31-45-43-19-11-13-21-55(43)67(41-15-7-5-8-16-41)57(45)35-49(51)61-53(63)33-47-48(59(61)37-23-27-39(65)28-24-37)34-54-62(60(47)38-25-29-40(66)30-26-38)50-36-58-46(32-52(50)64(54,3)4)44-20-12-14-22-56(44)68(58)42-17-9-6-10-18-42/h5-36H,1-4H3. The zero-order valence-electron chi connectivity index (χ0n) is 38.1. The van der Waals surface area contributed by atoms with Gasteiger partial charge in [-0.25, -0.2) is 8.78 Å². The summed E-state index contributed by atoms with van der Waals surface area (Å²) in [5, 5.41) is 7.01. The molecule has 0 unspecified atom stereocenters. The topological polar surface area (TPSA) is 9.86 Å². The van der Waals surface area contributed by atoms with Crippen LogP contribution in [0.15, 0.2) is 194 Å². The molecule has 0 N–H and O–H groups in total. The fourth-order valence-corrected chi connectivity index (χ4v) is 12.4. The lowest BCUT2D eigenvalue weighted by molar-refractivity contribution is 0.627. The fraction of sp³-hybridized carbons (Fsp3) is 0.0938. The van der Waals surface area contributed by atoms with Crippen molar-refractivity contribution in [2.24, 2.45) is 0 Å². The monoisotopic (exact) mass is 878 g/mol. The molecule has 10 aromatic carbocycles. The molecule has 324 valence electrons. The van der Waals surface area contributed by atoms with Crippen LogP contribution in [0.5, 0.6) is 0 Å². The molecule has 2 aliphatic rings. The first-order chi connectivity index (χ1) is 33.1. The Morgan fingerprint density at radius 3 is 1.06 bits per heavy atom. The highest BCUT2D eigenvalue weighted by Crippen LogP contribution is 2.61. The highest BCUT2D eigenvalue weighted by molar-refractivity contribution is 6.20. The van der Waals surface area contributed by atoms with E-state index in [9.17, 15) is 0 Å². The molecule has 12 aromatic rings. The summed E-state index contributed by atoms with van der Waals surface area (Å²) >= 11 is 0. The number of nitrogens with zero attached hydrogens (tertiary/aromatic N) is 2. The predicted octanol–water partition coefficient (Wildman–Crippen LogP) is 17.3. The van der Waals surface area contributed by atoms with E-state index in [1.807, 2.05) is 24.3 Å². The van der Waals surface area contributed by atoms with E-state index >= 15 is 8.78 Å². The van der Waals surface area contributed by atoms with Gasteiger partial charge >= 0.3 is 0 Å². The molecular formula is C64H44F2N2. The second-order valence-corrected chi connectivity index (χ2v) is 19.9. The Hall–Kier alpha value is -8.08. The molecular weight excluding hydrogens is 835 g/mol. The molecule has 2 aromatic heterocycles. The first-order valence-corrected chi connectivity index (χ1v) is 23.6. The maximum atomic E-state index is 15.1. The van der Waals surface area contributed by atoms with Crippen molar-refractivity contribution in [1.82, 2.24) is 9.13 Å². The highest BCUT2D eigenvalue weighted by atomic mass is 19.1. The summed E-state index contributed by atoms with van der Waals surface area (Å²) in [6.45, 7) is 9.40. The van der Waals surface area contributed by atoms with Gasteiger partial charge < -0.3 is 9.13 Å². The smallest absolute Gasteiger partial charge is 0.123 e. The Labute approximate surface area is 393 Å². The number of fused-ring (bicyclic) bond motifs is 13. The molecule has 0 aliphatic heterocycles. The van der Waals surface area contributed by atoms with E-state index in [2.05, 4.69) is 182 Å². The second kappa shape index (κ2) is 13.7. The number of para-hydroxylation sites is 4. The molecule has 0 amide bonds. The Morgan fingerprint density at radius 1 is 0.309 bits per heavy atom. The predicted molar refractivity (Wildman–Crippen MR) is 279 cm³/mol. The van der Waals surface area contributed by atoms with E-state index in [1.54, 1.807) is 24.3 Å². The van der Waals surface area contributed by atoms with Crippen molar-refractivity contribution in [3.8, 4) is 55.9 Å². The summed E-state index contributed by atoms with van der Waals surface area (Å²) in [7, 11) is 0. The number of benzene rings is 10. The van der Waals surface area contributed by atoms with Crippen molar-refractivity contribution in [3.63, 3.8) is 0 Å². The van der Waals surface area contributed by atoms with Gasteiger partial charge in [-0.1, -0.05) is 125 Å². The van der Waals surface area contributed by atoms with E-state index in [0.29, 0.717) is 0 Å². The molecule has 68 heavy (non-hydrogen) atoms. The Kier molecular flexibility index (Phi) is 7.91. The van der Waals surface area contributed by atoms with Crippen LogP contribution in [0.25, 0.3) is 110 Å². The van der Waals surface area contributed by atoms with Gasteiger partial charge in [0.2, 0.25) is 0 Å². The van der Waals surface area contributed by atoms with E-state index in [-0.39, 0.29) is 11.6 Å². The van der Waals surface area contributed by atoms with Crippen LogP contribution in [0.2, 0.25) is 0 Å². The number of rotatable bonds is 4. The minimum Gasteiger partial charge on any atom is -0.309 e. The van der Waals surface area contributed by atoms with Crippen molar-refractivity contribution in [2.45, 2.75) is 38.5 Å². The van der Waals surface area contributed by atoms with Crippen molar-refractivity contribution in [1.29, 1.82) is 0 Å². The van der Waals surface area contributed by atoms with Crippen molar-refractivity contribution in [2.75, 3.05) is 0 Å². The third-order valence-electron chi connectivity index (χ3n) is 15.6. The van der Waals surface area contributed by atoms with Gasteiger partial charge in [-0.3, -0.25) is 0 Å². The van der Waals surface area contributed by atoms with Crippen LogP contribution in [0.3, 0.4) is 0 Å². The summed E-state index contributed by atoms with van der Waals surface area (Å²) in [6.07, 6.45) is 0. The van der Waals surface area contributed by atoms with Crippen molar-refractivity contribution < 1.29 is 8.78 Å². The van der Waals surface area contributed by atoms with Crippen molar-refractivity contribution >= 4 is 54.4 Å². The largest absolute Gasteiger partial charge is 0.309 e. The molecule has 4 heteroatoms. The van der Waals surface area contributed by atoms with Crippen LogP contribution in [0, 0.1) is 11.6 Å². The minimum atomic E-state index is -0.420. The minimum absolute atomic E-state index is 0.274. The Bertz CT molecular complexity index is 3850. The van der Waals surface area contributed by atoms with Gasteiger partial charge in [0.25, 0.3) is 0 Å². The molecule has 0 spiro atoms. The Balaban J connectivity index is 1.14. The summed E-state index contributed by atoms with van der Waals surface area (Å²) < 4.78 is 34.9. The Morgan fingerprint density at radius 2 is 0.662 bits per heavy atom. The van der Waals surface area contributed by atoms with E-state index in [0.717, 1.165) is 66.5 Å². The maximum Gasteiger partial charge on any atom is 0.123 e. The number of halogens is 2. The van der Waals surface area contributed by atoms with Crippen LogP contribution in [0.4, 0.5) is 8.78 Å². The second-order valence-electron chi connectivity index (χ2n) is 19.9. The molecule has 0 radical (unpaired) electrons. The molecule has 2 nitrogen and oxygen atoms in total. The molecule has 2 aliphatic carbocycles. The number of hydrogen-bond donors (Lipinski definition) is 0. The summed E-state index contributed by atoms with van der Waals surface area (Å²) in [6, 6.07) is 67.4. The normalized spacial score (nSPS) is 14.3. The van der Waals surface area contributed by atoms with Gasteiger partial charge in [0.05, 0.1) is 22.1 Å². The van der Waals surface area contributed by atoms with Crippen LogP contribution < -0.4 is 0 Å². The molecule has 0 saturated heterocycles. The molecule has 0 atom stereocenters. The van der Waals surface area contributed by atoms with Gasteiger partial charge in [0.1, 0.15) is 11.6 Å². The van der Waals surface area contributed by atoms with Gasteiger partial charge in [-0.05, 0) is 175 Å². The number of hydrogen-bond acceptors (Lipinski definition) is 0. The molecule has 0 bridgehead atoms. The van der Waals surface area contributed by atoms with E-state index < -0.39 is 10.8 Å². The lowest BCUT2D eigenvalue weighted by atomic mass is 9.76. The molecule has 0 fully saturated rings. The summed E-state index contributed by atoms with van der Waals surface area (Å²) in [4.78, 5) is 0. The van der Waals surface area contributed by atoms with Gasteiger partial charge in [0, 0.05) is 43.7 Å². The molecule has 14 rings (SSSR count). The summed E-state index contributed by atoms with van der Waals surface area (Å²) in [5.74, 6) is -0.548. The highest BCUT2D eigenvalue weighted by Gasteiger charge is 2.43. The summed E-state index contributed by atoms with van der Waals surface area (Å²) in [5.41, 5.74) is 19.7. The lowest BCUT2D eigenvalue weighted by Crippen LogP contribution is -2.16. The van der Waals surface area contributed by atoms with Gasteiger partial charge in [0.15, 0.2) is 0 Å². The van der Waals surface area contributed by atoms with Gasteiger partial charge in [-0.15, -0.1) is 0 Å². The first kappa shape index (κ1) is 39.1. The zero-order chi connectivity index (χ0) is 45.8. The quantitative estimate of drug-likeness (QED) is 0.167. The SMILES string of the molecule is CC1(C)c2cc3c4ccccc4n(-c4ccccc4)c3cc2-c2c1cc1c(-c3ccc(F)cc3)c3c(cc1c2-c1ccc(F)cc1)C(C)(C)c1cc2c4ccccc4n(-c4ccccc4)c2cc1-3. The van der Waals surface area contributed by atoms with Crippen molar-refractivity contribution in [3.05, 3.63) is 228 Å². The average Bonchev–Trinajstić information content (AvgIpc) is 4.00. The molecule has 2 heterocycles. The fourth-order valence-electron chi connectivity index (χ4n) is 12.4. The third-order valence-corrected chi connectivity index (χ3v) is 15.6. The van der Waals surface area contributed by atoms with E-state index in [1.165, 1.54) is 66.1 Å². The average molecular weight is 879 g/mol. The molecule has 0 saturated carbocycles. The lowest BCUT2D eigenvalue weighted by Gasteiger charge is -2.26. The van der Waals surface area contributed by atoms with Crippen LogP contribution >= 0.6 is 0 Å². The van der Waals surface area contributed by atoms with Crippen LogP contribution in [0.1, 0.15) is 49.9 Å². The van der Waals surface area contributed by atoms with Gasteiger partial charge in [-0.2, -0.15) is 0 Å². The third kappa shape index (κ3) is 5.20. The van der Waals surface area contributed by atoms with Crippen LogP contribution in [-0.2, 0) is 10.8 Å². The number of aromatic nitrogens is 2. The first-order valence-electron chi connectivity index (χ1n) is 23.6. The van der Waals surface area contributed by atoms with Crippen LogP contribution in [-0.4, -0.2) is 9.13 Å². The maximum absolute atomic E-state index is 15.1. The van der Waals surface area contributed by atoms with E-state index in [4.69, 9.17) is 0 Å². The zero-order valence-corrected chi connectivity index (χ0v) is 38.1.